The molecule has 4 nitrogen and oxygen atoms in total. The molecule has 0 saturated heterocycles. The van der Waals surface area contributed by atoms with Crippen molar-refractivity contribution in [2.75, 3.05) is 7.05 Å². The third-order valence-electron chi connectivity index (χ3n) is 2.73. The van der Waals surface area contributed by atoms with Crippen molar-refractivity contribution in [3.63, 3.8) is 0 Å². The van der Waals surface area contributed by atoms with E-state index < -0.39 is 0 Å². The number of hydrogen-bond acceptors (Lipinski definition) is 6. The number of hydrogen-bond donors (Lipinski definition) is 0. The van der Waals surface area contributed by atoms with Crippen LogP contribution in [0.2, 0.25) is 0 Å². The van der Waals surface area contributed by atoms with Crippen molar-refractivity contribution in [3.05, 3.63) is 26.7 Å². The summed E-state index contributed by atoms with van der Waals surface area (Å²) < 4.78 is 3.96. The van der Waals surface area contributed by atoms with Crippen LogP contribution in [-0.2, 0) is 13.1 Å². The van der Waals surface area contributed by atoms with Crippen molar-refractivity contribution in [3.8, 4) is 0 Å². The second-order valence-corrected chi connectivity index (χ2v) is 6.56. The van der Waals surface area contributed by atoms with Gasteiger partial charge in [0.25, 0.3) is 0 Å². The van der Waals surface area contributed by atoms with Crippen molar-refractivity contribution < 1.29 is 0 Å². The summed E-state index contributed by atoms with van der Waals surface area (Å²) in [5.74, 6) is 0.508. The lowest BCUT2D eigenvalue weighted by Crippen LogP contribution is -2.17. The number of nitrogens with zero attached hydrogens (tertiary/aromatic N) is 4. The molecule has 0 aromatic carbocycles. The van der Waals surface area contributed by atoms with Gasteiger partial charge < -0.3 is 0 Å². The molecule has 6 heteroatoms. The van der Waals surface area contributed by atoms with Gasteiger partial charge in [-0.2, -0.15) is 0 Å². The standard InChI is InChI=1S/C12H18N4S2/c1-8(2)10-7-17-12(13-10)6-16(4)5-11-9(3)14-15-18-11/h7-8H,5-6H2,1-4H3. The van der Waals surface area contributed by atoms with Gasteiger partial charge in [-0.1, -0.05) is 18.3 Å². The van der Waals surface area contributed by atoms with Gasteiger partial charge in [0, 0.05) is 11.9 Å². The first-order valence-electron chi connectivity index (χ1n) is 5.97. The van der Waals surface area contributed by atoms with Gasteiger partial charge in [0.05, 0.1) is 22.8 Å². The van der Waals surface area contributed by atoms with Gasteiger partial charge in [0.15, 0.2) is 0 Å². The summed E-state index contributed by atoms with van der Waals surface area (Å²) in [7, 11) is 2.11. The van der Waals surface area contributed by atoms with E-state index in [0.717, 1.165) is 18.8 Å². The molecule has 0 N–H and O–H groups in total. The molecular formula is C12H18N4S2. The second kappa shape index (κ2) is 5.86. The maximum atomic E-state index is 4.65. The fourth-order valence-corrected chi connectivity index (χ4v) is 3.34. The number of rotatable bonds is 5. The highest BCUT2D eigenvalue weighted by molar-refractivity contribution is 7.09. The molecule has 0 aliphatic rings. The lowest BCUT2D eigenvalue weighted by Gasteiger charge is -2.13. The summed E-state index contributed by atoms with van der Waals surface area (Å²) in [6, 6.07) is 0. The summed E-state index contributed by atoms with van der Waals surface area (Å²) in [4.78, 5) is 8.14. The van der Waals surface area contributed by atoms with Crippen LogP contribution in [0.25, 0.3) is 0 Å². The quantitative estimate of drug-likeness (QED) is 0.845. The number of aryl methyl sites for hydroxylation is 1. The Morgan fingerprint density at radius 1 is 1.33 bits per heavy atom. The normalized spacial score (nSPS) is 11.7. The highest BCUT2D eigenvalue weighted by Gasteiger charge is 2.10. The predicted octanol–water partition coefficient (Wildman–Crippen LogP) is 3.06. The summed E-state index contributed by atoms with van der Waals surface area (Å²) in [5, 5.41) is 7.37. The van der Waals surface area contributed by atoms with Gasteiger partial charge in [-0.05, 0) is 31.4 Å². The molecule has 0 spiro atoms. The van der Waals surface area contributed by atoms with Crippen molar-refractivity contribution in [1.82, 2.24) is 19.5 Å². The molecule has 0 bridgehead atoms. The Hall–Kier alpha value is -0.850. The van der Waals surface area contributed by atoms with Crippen LogP contribution in [-0.4, -0.2) is 26.5 Å². The molecular weight excluding hydrogens is 264 g/mol. The zero-order valence-corrected chi connectivity index (χ0v) is 12.8. The van der Waals surface area contributed by atoms with E-state index in [1.165, 1.54) is 27.1 Å². The summed E-state index contributed by atoms with van der Waals surface area (Å²) in [5.41, 5.74) is 2.23. The highest BCUT2D eigenvalue weighted by Crippen LogP contribution is 2.20. The van der Waals surface area contributed by atoms with Crippen molar-refractivity contribution in [2.24, 2.45) is 0 Å². The number of aromatic nitrogens is 3. The van der Waals surface area contributed by atoms with E-state index in [4.69, 9.17) is 0 Å². The van der Waals surface area contributed by atoms with Crippen LogP contribution in [0.1, 0.15) is 41.0 Å². The van der Waals surface area contributed by atoms with Crippen LogP contribution in [0.4, 0.5) is 0 Å². The van der Waals surface area contributed by atoms with Gasteiger partial charge in [0.2, 0.25) is 0 Å². The fraction of sp³-hybridized carbons (Fsp3) is 0.583. The molecule has 0 aliphatic heterocycles. The van der Waals surface area contributed by atoms with E-state index in [-0.39, 0.29) is 0 Å². The summed E-state index contributed by atoms with van der Waals surface area (Å²) in [6.45, 7) is 8.13. The first-order chi connectivity index (χ1) is 8.56. The minimum Gasteiger partial charge on any atom is -0.294 e. The molecule has 0 aliphatic carbocycles. The van der Waals surface area contributed by atoms with Crippen LogP contribution in [0.15, 0.2) is 5.38 Å². The average Bonchev–Trinajstić information content (AvgIpc) is 2.89. The van der Waals surface area contributed by atoms with Gasteiger partial charge in [-0.25, -0.2) is 4.98 Å². The van der Waals surface area contributed by atoms with E-state index >= 15 is 0 Å². The maximum Gasteiger partial charge on any atom is 0.107 e. The molecule has 2 heterocycles. The average molecular weight is 282 g/mol. The van der Waals surface area contributed by atoms with Gasteiger partial charge in [0.1, 0.15) is 5.01 Å². The highest BCUT2D eigenvalue weighted by atomic mass is 32.1. The minimum absolute atomic E-state index is 0.508. The second-order valence-electron chi connectivity index (χ2n) is 4.77. The Morgan fingerprint density at radius 2 is 2.11 bits per heavy atom. The molecule has 18 heavy (non-hydrogen) atoms. The van der Waals surface area contributed by atoms with Crippen LogP contribution in [0, 0.1) is 6.92 Å². The molecule has 0 fully saturated rings. The van der Waals surface area contributed by atoms with Crippen LogP contribution in [0.5, 0.6) is 0 Å². The molecule has 0 radical (unpaired) electrons. The smallest absolute Gasteiger partial charge is 0.107 e. The molecule has 98 valence electrons. The Bertz CT molecular complexity index is 504. The fourth-order valence-electron chi connectivity index (χ4n) is 1.59. The van der Waals surface area contributed by atoms with Crippen molar-refractivity contribution in [1.29, 1.82) is 0 Å². The van der Waals surface area contributed by atoms with E-state index in [0.29, 0.717) is 5.92 Å². The summed E-state index contributed by atoms with van der Waals surface area (Å²) in [6.07, 6.45) is 0. The molecule has 0 amide bonds. The van der Waals surface area contributed by atoms with Crippen LogP contribution >= 0.6 is 22.9 Å². The van der Waals surface area contributed by atoms with E-state index in [1.54, 1.807) is 11.3 Å². The topological polar surface area (TPSA) is 41.9 Å². The third-order valence-corrected chi connectivity index (χ3v) is 4.39. The van der Waals surface area contributed by atoms with Crippen molar-refractivity contribution >= 4 is 22.9 Å². The Kier molecular flexibility index (Phi) is 4.42. The molecule has 0 atom stereocenters. The lowest BCUT2D eigenvalue weighted by molar-refractivity contribution is 0.320. The van der Waals surface area contributed by atoms with Gasteiger partial charge >= 0.3 is 0 Å². The van der Waals surface area contributed by atoms with E-state index in [1.807, 2.05) is 6.92 Å². The monoisotopic (exact) mass is 282 g/mol. The Labute approximate surface area is 116 Å². The largest absolute Gasteiger partial charge is 0.294 e. The predicted molar refractivity (Wildman–Crippen MR) is 76.0 cm³/mol. The van der Waals surface area contributed by atoms with Gasteiger partial charge in [-0.3, -0.25) is 4.90 Å². The first-order valence-corrected chi connectivity index (χ1v) is 7.62. The molecule has 0 saturated carbocycles. The molecule has 2 aromatic rings. The minimum atomic E-state index is 0.508. The molecule has 2 aromatic heterocycles. The third kappa shape index (κ3) is 3.34. The lowest BCUT2D eigenvalue weighted by atomic mass is 10.2. The zero-order chi connectivity index (χ0) is 13.1. The first kappa shape index (κ1) is 13.6. The zero-order valence-electron chi connectivity index (χ0n) is 11.2. The van der Waals surface area contributed by atoms with Gasteiger partial charge in [-0.15, -0.1) is 16.4 Å². The summed E-state index contributed by atoms with van der Waals surface area (Å²) >= 11 is 3.22. The van der Waals surface area contributed by atoms with Crippen LogP contribution in [0.3, 0.4) is 0 Å². The Balaban J connectivity index is 1.94. The maximum absolute atomic E-state index is 4.65. The Morgan fingerprint density at radius 3 is 2.67 bits per heavy atom. The molecule has 2 rings (SSSR count). The number of thiazole rings is 1. The SMILES string of the molecule is Cc1nnsc1CN(C)Cc1nc(C(C)C)cs1. The molecule has 0 unspecified atom stereocenters. The van der Waals surface area contributed by atoms with Crippen molar-refractivity contribution in [2.45, 2.75) is 39.8 Å². The van der Waals surface area contributed by atoms with E-state index in [2.05, 4.69) is 45.7 Å². The van der Waals surface area contributed by atoms with Crippen LogP contribution < -0.4 is 0 Å². The van der Waals surface area contributed by atoms with E-state index in [9.17, 15) is 0 Å².